The van der Waals surface area contributed by atoms with Crippen LogP contribution in [0, 0.1) is 34.0 Å². The standard InChI is InChI=1S/C18H26N2O2/c1-9(2)13(21)10(3)6-12-14-15-17(12,5)11(4)7-18(15,8-19)16(20)22-14/h6,10-11,14-15,20H,1,7-8,19H2,2-5H3/b12-6+,20-16?. The van der Waals surface area contributed by atoms with Gasteiger partial charge in [0.05, 0.1) is 5.41 Å². The molecule has 1 heterocycles. The number of allylic oxidation sites excluding steroid dienone is 2. The Labute approximate surface area is 132 Å². The van der Waals surface area contributed by atoms with E-state index >= 15 is 0 Å². The zero-order chi connectivity index (χ0) is 16.4. The summed E-state index contributed by atoms with van der Waals surface area (Å²) < 4.78 is 5.86. The van der Waals surface area contributed by atoms with Crippen LogP contribution in [-0.4, -0.2) is 24.3 Å². The number of hydrogen-bond acceptors (Lipinski definition) is 4. The highest BCUT2D eigenvalue weighted by molar-refractivity contribution is 5.97. The third-order valence-corrected chi connectivity index (χ3v) is 6.49. The molecule has 0 aromatic heterocycles. The molecule has 3 rings (SSSR count). The number of carbonyl (C=O) groups is 1. The second kappa shape index (κ2) is 4.54. The summed E-state index contributed by atoms with van der Waals surface area (Å²) >= 11 is 0. The van der Waals surface area contributed by atoms with Crippen LogP contribution in [0.5, 0.6) is 0 Å². The summed E-state index contributed by atoms with van der Waals surface area (Å²) in [5, 5.41) is 8.27. The first-order valence-corrected chi connectivity index (χ1v) is 8.07. The first-order chi connectivity index (χ1) is 10.2. The molecular weight excluding hydrogens is 276 g/mol. The Hall–Kier alpha value is -1.42. The van der Waals surface area contributed by atoms with Crippen LogP contribution in [-0.2, 0) is 9.53 Å². The fraction of sp³-hybridized carbons (Fsp3) is 0.667. The molecule has 120 valence electrons. The summed E-state index contributed by atoms with van der Waals surface area (Å²) in [6, 6.07) is 0. The predicted molar refractivity (Wildman–Crippen MR) is 86.5 cm³/mol. The molecule has 3 aliphatic rings. The SMILES string of the molecule is C=C(C)C(=O)C(C)/C=C1\C2OC(=N)C3(CN)CC(C)C1(C)C23. The molecule has 0 radical (unpaired) electrons. The third kappa shape index (κ3) is 1.56. The summed E-state index contributed by atoms with van der Waals surface area (Å²) in [7, 11) is 0. The molecule has 1 saturated heterocycles. The van der Waals surface area contributed by atoms with Gasteiger partial charge in [-0.05, 0) is 30.4 Å². The van der Waals surface area contributed by atoms with Gasteiger partial charge in [0, 0.05) is 23.8 Å². The average Bonchev–Trinajstić information content (AvgIpc) is 2.84. The van der Waals surface area contributed by atoms with Crippen LogP contribution >= 0.6 is 0 Å². The van der Waals surface area contributed by atoms with Crippen molar-refractivity contribution in [3.05, 3.63) is 23.8 Å². The highest BCUT2D eigenvalue weighted by atomic mass is 16.5. The summed E-state index contributed by atoms with van der Waals surface area (Å²) in [5.41, 5.74) is 7.50. The Balaban J connectivity index is 1.99. The van der Waals surface area contributed by atoms with Crippen molar-refractivity contribution in [2.45, 2.75) is 40.2 Å². The van der Waals surface area contributed by atoms with Gasteiger partial charge in [-0.2, -0.15) is 0 Å². The highest BCUT2D eigenvalue weighted by Gasteiger charge is 2.76. The summed E-state index contributed by atoms with van der Waals surface area (Å²) in [6.45, 7) is 12.4. The quantitative estimate of drug-likeness (QED) is 0.619. The van der Waals surface area contributed by atoms with E-state index in [1.54, 1.807) is 6.92 Å². The molecular formula is C18H26N2O2. The fourth-order valence-electron chi connectivity index (χ4n) is 5.14. The van der Waals surface area contributed by atoms with E-state index in [2.05, 4.69) is 26.5 Å². The van der Waals surface area contributed by atoms with Crippen molar-refractivity contribution in [2.75, 3.05) is 6.54 Å². The van der Waals surface area contributed by atoms with Gasteiger partial charge in [-0.25, -0.2) is 0 Å². The third-order valence-electron chi connectivity index (χ3n) is 6.49. The number of hydrogen-bond donors (Lipinski definition) is 2. The lowest BCUT2D eigenvalue weighted by molar-refractivity contribution is -0.117. The number of nitrogens with two attached hydrogens (primary N) is 1. The Kier molecular flexibility index (Phi) is 3.19. The molecule has 0 aromatic rings. The smallest absolute Gasteiger partial charge is 0.189 e. The van der Waals surface area contributed by atoms with Crippen LogP contribution in [0.2, 0.25) is 0 Å². The summed E-state index contributed by atoms with van der Waals surface area (Å²) in [4.78, 5) is 12.1. The second-order valence-electron chi connectivity index (χ2n) is 7.65. The van der Waals surface area contributed by atoms with Crippen LogP contribution in [0.4, 0.5) is 0 Å². The fourth-order valence-corrected chi connectivity index (χ4v) is 5.14. The molecule has 3 fully saturated rings. The molecule has 0 amide bonds. The molecule has 2 saturated carbocycles. The van der Waals surface area contributed by atoms with Gasteiger partial charge in [-0.15, -0.1) is 0 Å². The van der Waals surface area contributed by atoms with Crippen LogP contribution in [0.15, 0.2) is 23.8 Å². The van der Waals surface area contributed by atoms with E-state index in [1.165, 1.54) is 5.57 Å². The molecule has 6 unspecified atom stereocenters. The molecule has 4 nitrogen and oxygen atoms in total. The Morgan fingerprint density at radius 2 is 2.27 bits per heavy atom. The number of ether oxygens (including phenoxy) is 1. The minimum Gasteiger partial charge on any atom is -0.473 e. The van der Waals surface area contributed by atoms with Crippen molar-refractivity contribution in [1.29, 1.82) is 5.41 Å². The van der Waals surface area contributed by atoms with Gasteiger partial charge >= 0.3 is 0 Å². The van der Waals surface area contributed by atoms with Crippen molar-refractivity contribution >= 4 is 11.7 Å². The van der Waals surface area contributed by atoms with Crippen molar-refractivity contribution < 1.29 is 9.53 Å². The van der Waals surface area contributed by atoms with Crippen LogP contribution in [0.1, 0.15) is 34.1 Å². The zero-order valence-corrected chi connectivity index (χ0v) is 13.9. The van der Waals surface area contributed by atoms with Gasteiger partial charge in [0.2, 0.25) is 0 Å². The topological polar surface area (TPSA) is 76.2 Å². The number of Topliss-reactive ketones (excluding diaryl/α,β-unsaturated/α-hetero) is 1. The maximum Gasteiger partial charge on any atom is 0.189 e. The summed E-state index contributed by atoms with van der Waals surface area (Å²) in [6.07, 6.45) is 2.89. The van der Waals surface area contributed by atoms with E-state index in [9.17, 15) is 4.79 Å². The van der Waals surface area contributed by atoms with E-state index in [4.69, 9.17) is 15.9 Å². The minimum atomic E-state index is -0.294. The highest BCUT2D eigenvalue weighted by Crippen LogP contribution is 2.74. The van der Waals surface area contributed by atoms with Gasteiger partial charge < -0.3 is 10.5 Å². The van der Waals surface area contributed by atoms with Crippen molar-refractivity contribution in [1.82, 2.24) is 0 Å². The van der Waals surface area contributed by atoms with E-state index < -0.39 is 0 Å². The van der Waals surface area contributed by atoms with E-state index in [0.717, 1.165) is 6.42 Å². The minimum absolute atomic E-state index is 0.00352. The van der Waals surface area contributed by atoms with Gasteiger partial charge in [-0.3, -0.25) is 10.2 Å². The van der Waals surface area contributed by atoms with E-state index in [1.807, 2.05) is 6.92 Å². The Bertz CT molecular complexity index is 608. The van der Waals surface area contributed by atoms with Crippen molar-refractivity contribution in [2.24, 2.45) is 34.3 Å². The van der Waals surface area contributed by atoms with Crippen LogP contribution < -0.4 is 5.73 Å². The maximum absolute atomic E-state index is 12.1. The lowest BCUT2D eigenvalue weighted by Gasteiger charge is -2.52. The number of nitrogens with one attached hydrogen (secondary N) is 1. The lowest BCUT2D eigenvalue weighted by atomic mass is 9.51. The van der Waals surface area contributed by atoms with Gasteiger partial charge in [0.15, 0.2) is 11.7 Å². The molecule has 0 bridgehead atoms. The monoisotopic (exact) mass is 302 g/mol. The van der Waals surface area contributed by atoms with Gasteiger partial charge in [-0.1, -0.05) is 33.4 Å². The normalized spacial score (nSPS) is 45.2. The first-order valence-electron chi connectivity index (χ1n) is 8.07. The van der Waals surface area contributed by atoms with Crippen LogP contribution in [0.3, 0.4) is 0 Å². The molecule has 1 aliphatic heterocycles. The molecule has 2 aliphatic carbocycles. The van der Waals surface area contributed by atoms with Gasteiger partial charge in [0.1, 0.15) is 6.10 Å². The zero-order valence-electron chi connectivity index (χ0n) is 13.9. The second-order valence-corrected chi connectivity index (χ2v) is 7.65. The molecule has 3 N–H and O–H groups in total. The van der Waals surface area contributed by atoms with Gasteiger partial charge in [0.25, 0.3) is 0 Å². The Morgan fingerprint density at radius 1 is 1.64 bits per heavy atom. The molecule has 6 atom stereocenters. The van der Waals surface area contributed by atoms with Crippen LogP contribution in [0.25, 0.3) is 0 Å². The largest absolute Gasteiger partial charge is 0.473 e. The molecule has 22 heavy (non-hydrogen) atoms. The average molecular weight is 302 g/mol. The Morgan fingerprint density at radius 3 is 2.82 bits per heavy atom. The van der Waals surface area contributed by atoms with Crippen molar-refractivity contribution in [3.63, 3.8) is 0 Å². The van der Waals surface area contributed by atoms with Crippen molar-refractivity contribution in [3.8, 4) is 0 Å². The lowest BCUT2D eigenvalue weighted by Crippen LogP contribution is -2.54. The molecule has 4 heteroatoms. The molecule has 0 spiro atoms. The summed E-state index contributed by atoms with van der Waals surface area (Å²) in [5.74, 6) is 0.959. The van der Waals surface area contributed by atoms with E-state index in [-0.39, 0.29) is 34.6 Å². The van der Waals surface area contributed by atoms with E-state index in [0.29, 0.717) is 23.9 Å². The number of ketones is 1. The first kappa shape index (κ1) is 15.5. The number of carbonyl (C=O) groups excluding carboxylic acids is 1. The maximum atomic E-state index is 12.1. The molecule has 0 aromatic carbocycles. The number of rotatable bonds is 4. The predicted octanol–water partition coefficient (Wildman–Crippen LogP) is 2.69.